The van der Waals surface area contributed by atoms with Crippen molar-refractivity contribution in [1.82, 2.24) is 25.5 Å². The topological polar surface area (TPSA) is 151 Å². The smallest absolute Gasteiger partial charge is 0.273 e. The van der Waals surface area contributed by atoms with Gasteiger partial charge in [-0.05, 0) is 31.9 Å². The van der Waals surface area contributed by atoms with E-state index in [0.29, 0.717) is 22.7 Å². The van der Waals surface area contributed by atoms with Crippen molar-refractivity contribution in [2.75, 3.05) is 31.5 Å². The molecule has 4 rings (SSSR count). The van der Waals surface area contributed by atoms with E-state index in [9.17, 15) is 19.1 Å². The number of rotatable bonds is 9. The van der Waals surface area contributed by atoms with Crippen LogP contribution in [0.5, 0.6) is 5.75 Å². The highest BCUT2D eigenvalue weighted by molar-refractivity contribution is 6.00. The van der Waals surface area contributed by atoms with Gasteiger partial charge in [0, 0.05) is 37.0 Å². The number of nitrogens with zero attached hydrogens (tertiary/aromatic N) is 4. The number of carbonyl (C=O) groups excluding carboxylic acids is 2. The van der Waals surface area contributed by atoms with Crippen LogP contribution in [-0.2, 0) is 10.4 Å². The molecule has 0 saturated heterocycles. The highest BCUT2D eigenvalue weighted by Crippen LogP contribution is 2.37. The third-order valence-electron chi connectivity index (χ3n) is 5.70. The molecule has 1 saturated carbocycles. The summed E-state index contributed by atoms with van der Waals surface area (Å²) in [4.78, 5) is 33.1. The van der Waals surface area contributed by atoms with Crippen molar-refractivity contribution < 1.29 is 23.8 Å². The highest BCUT2D eigenvalue weighted by atomic mass is 19.1. The van der Waals surface area contributed by atoms with Crippen molar-refractivity contribution in [1.29, 1.82) is 0 Å². The first-order valence-electron chi connectivity index (χ1n) is 11.2. The van der Waals surface area contributed by atoms with E-state index in [1.54, 1.807) is 18.2 Å². The summed E-state index contributed by atoms with van der Waals surface area (Å²) in [6, 6.07) is 6.71. The zero-order valence-corrected chi connectivity index (χ0v) is 20.0. The van der Waals surface area contributed by atoms with Crippen LogP contribution in [0, 0.1) is 5.92 Å². The molecule has 0 aliphatic heterocycles. The number of nitrogens with one attached hydrogen (secondary N) is 3. The molecule has 1 fully saturated rings. The minimum Gasteiger partial charge on any atom is -0.494 e. The fourth-order valence-electron chi connectivity index (χ4n) is 3.41. The summed E-state index contributed by atoms with van der Waals surface area (Å²) in [6.45, 7) is 0.361. The Morgan fingerprint density at radius 1 is 1.19 bits per heavy atom. The average Bonchev–Trinajstić information content (AvgIpc) is 3.74. The summed E-state index contributed by atoms with van der Waals surface area (Å²) in [5.41, 5.74) is -0.162. The Kier molecular flexibility index (Phi) is 7.06. The Hall–Kier alpha value is -4.19. The number of amides is 2. The molecule has 11 nitrogen and oxygen atoms in total. The van der Waals surface area contributed by atoms with Crippen molar-refractivity contribution in [2.24, 2.45) is 5.92 Å². The van der Waals surface area contributed by atoms with Gasteiger partial charge in [0.15, 0.2) is 23.1 Å². The predicted molar refractivity (Wildman–Crippen MR) is 130 cm³/mol. The molecule has 4 N–H and O–H groups in total. The Labute approximate surface area is 206 Å². The number of hydrogen-bond donors (Lipinski definition) is 4. The number of anilines is 3. The van der Waals surface area contributed by atoms with E-state index >= 15 is 0 Å². The molecule has 12 heteroatoms. The summed E-state index contributed by atoms with van der Waals surface area (Å²) in [5.74, 6) is 0.208. The van der Waals surface area contributed by atoms with Gasteiger partial charge in [0.1, 0.15) is 12.3 Å². The molecule has 1 aliphatic carbocycles. The molecule has 0 bridgehead atoms. The van der Waals surface area contributed by atoms with Crippen LogP contribution >= 0.6 is 0 Å². The van der Waals surface area contributed by atoms with E-state index in [0.717, 1.165) is 12.8 Å². The number of alkyl halides is 1. The number of para-hydroxylation sites is 1. The number of ether oxygens (including phenoxy) is 1. The second-order valence-corrected chi connectivity index (χ2v) is 8.55. The molecule has 2 aromatic heterocycles. The zero-order chi connectivity index (χ0) is 25.9. The molecule has 2 amide bonds. The van der Waals surface area contributed by atoms with Gasteiger partial charge in [-0.1, -0.05) is 6.07 Å². The molecule has 1 aromatic carbocycles. The van der Waals surface area contributed by atoms with Gasteiger partial charge in [-0.2, -0.15) is 0 Å². The molecule has 1 aliphatic rings. The number of halogens is 1. The third-order valence-corrected chi connectivity index (χ3v) is 5.70. The largest absolute Gasteiger partial charge is 0.494 e. The highest BCUT2D eigenvalue weighted by Gasteiger charge is 2.30. The van der Waals surface area contributed by atoms with Crippen LogP contribution in [0.2, 0.25) is 0 Å². The van der Waals surface area contributed by atoms with Gasteiger partial charge in [-0.15, -0.1) is 10.2 Å². The van der Waals surface area contributed by atoms with Crippen molar-refractivity contribution >= 4 is 29.0 Å². The van der Waals surface area contributed by atoms with Crippen LogP contribution in [0.4, 0.5) is 21.6 Å². The lowest BCUT2D eigenvalue weighted by molar-refractivity contribution is -0.117. The summed E-state index contributed by atoms with van der Waals surface area (Å²) >= 11 is 0. The first-order chi connectivity index (χ1) is 17.3. The lowest BCUT2D eigenvalue weighted by atomic mass is 10.0. The van der Waals surface area contributed by atoms with Gasteiger partial charge in [0.25, 0.3) is 5.91 Å². The lowest BCUT2D eigenvalue weighted by Gasteiger charge is -2.19. The van der Waals surface area contributed by atoms with E-state index in [1.807, 2.05) is 0 Å². The van der Waals surface area contributed by atoms with Crippen LogP contribution in [0.25, 0.3) is 11.4 Å². The molecule has 0 spiro atoms. The Morgan fingerprint density at radius 3 is 2.53 bits per heavy atom. The number of methoxy groups -OCH3 is 1. The van der Waals surface area contributed by atoms with Crippen molar-refractivity contribution in [2.45, 2.75) is 25.4 Å². The Morgan fingerprint density at radius 2 is 1.92 bits per heavy atom. The van der Waals surface area contributed by atoms with Crippen LogP contribution in [0.1, 0.15) is 35.8 Å². The fourth-order valence-corrected chi connectivity index (χ4v) is 3.41. The molecule has 3 aromatic rings. The number of benzene rings is 1. The van der Waals surface area contributed by atoms with Crippen molar-refractivity contribution in [3.05, 3.63) is 47.9 Å². The first kappa shape index (κ1) is 24.9. The molecule has 1 atom stereocenters. The van der Waals surface area contributed by atoms with Gasteiger partial charge < -0.3 is 25.8 Å². The van der Waals surface area contributed by atoms with Crippen molar-refractivity contribution in [3.8, 4) is 17.1 Å². The van der Waals surface area contributed by atoms with Crippen molar-refractivity contribution in [3.63, 3.8) is 0 Å². The summed E-state index contributed by atoms with van der Waals surface area (Å²) in [5, 5.41) is 26.4. The zero-order valence-electron chi connectivity index (χ0n) is 20.0. The third kappa shape index (κ3) is 5.23. The number of aliphatic hydroxyl groups is 1. The van der Waals surface area contributed by atoms with Gasteiger partial charge in [-0.3, -0.25) is 9.59 Å². The molecule has 2 heterocycles. The fraction of sp³-hybridized carbons (Fsp3) is 0.333. The van der Waals surface area contributed by atoms with E-state index in [4.69, 9.17) is 4.74 Å². The van der Waals surface area contributed by atoms with E-state index < -0.39 is 18.2 Å². The predicted octanol–water partition coefficient (Wildman–Crippen LogP) is 2.57. The van der Waals surface area contributed by atoms with Crippen LogP contribution in [-0.4, -0.2) is 57.9 Å². The second-order valence-electron chi connectivity index (χ2n) is 8.55. The maximum atomic E-state index is 13.1. The normalized spacial score (nSPS) is 14.5. The quantitative estimate of drug-likeness (QED) is 0.351. The Balaban J connectivity index is 1.69. The second kappa shape index (κ2) is 10.2. The van der Waals surface area contributed by atoms with Gasteiger partial charge in [-0.25, -0.2) is 14.4 Å². The maximum absolute atomic E-state index is 13.1. The van der Waals surface area contributed by atoms with Crippen LogP contribution in [0.15, 0.2) is 36.7 Å². The van der Waals surface area contributed by atoms with E-state index in [-0.39, 0.29) is 34.7 Å². The maximum Gasteiger partial charge on any atom is 0.273 e. The van der Waals surface area contributed by atoms with E-state index in [2.05, 4.69) is 36.1 Å². The van der Waals surface area contributed by atoms with Gasteiger partial charge in [0.05, 0.1) is 24.0 Å². The minimum absolute atomic E-state index is 0.0171. The molecule has 36 heavy (non-hydrogen) atoms. The summed E-state index contributed by atoms with van der Waals surface area (Å²) in [7, 11) is 2.94. The van der Waals surface area contributed by atoms with Crippen LogP contribution < -0.4 is 20.7 Å². The summed E-state index contributed by atoms with van der Waals surface area (Å²) in [6.07, 6.45) is 4.37. The van der Waals surface area contributed by atoms with E-state index in [1.165, 1.54) is 39.5 Å². The van der Waals surface area contributed by atoms with Gasteiger partial charge >= 0.3 is 0 Å². The molecule has 1 unspecified atom stereocenters. The van der Waals surface area contributed by atoms with Crippen LogP contribution in [0.3, 0.4) is 0 Å². The molecular formula is C24H26FN7O4. The minimum atomic E-state index is -1.69. The molecule has 0 radical (unpaired) electrons. The average molecular weight is 496 g/mol. The lowest BCUT2D eigenvalue weighted by Crippen LogP contribution is -2.24. The summed E-state index contributed by atoms with van der Waals surface area (Å²) < 4.78 is 18.7. The molecule has 188 valence electrons. The Bertz CT molecular complexity index is 1280. The molecular weight excluding hydrogens is 469 g/mol. The number of carbonyl (C=O) groups is 2. The number of hydrogen-bond acceptors (Lipinski definition) is 9. The standard InChI is InChI=1S/C24H26FN7O4/c1-24(35,12-25)14-10-27-21(28-11-14)15-5-4-6-16(20(15)36-3)29-17-9-18(30-22(33)13-7-8-13)31-32-19(17)23(34)26-2/h4-6,9-11,13,35H,7-8,12H2,1-3H3,(H,26,34)(H2,29,30,31,33). The van der Waals surface area contributed by atoms with Gasteiger partial charge in [0.2, 0.25) is 5.91 Å². The SMILES string of the molecule is CNC(=O)c1nnc(NC(=O)C2CC2)cc1Nc1cccc(-c2ncc(C(C)(O)CF)cn2)c1OC. The number of aromatic nitrogens is 4. The monoisotopic (exact) mass is 495 g/mol. The first-order valence-corrected chi connectivity index (χ1v) is 11.2.